The Hall–Kier alpha value is -0.850. The molecular formula is C11H16N4S2. The van der Waals surface area contributed by atoms with E-state index in [4.69, 9.17) is 0 Å². The number of nitrogens with one attached hydrogen (secondary N) is 1. The van der Waals surface area contributed by atoms with Crippen molar-refractivity contribution in [2.24, 2.45) is 0 Å². The van der Waals surface area contributed by atoms with Crippen molar-refractivity contribution in [3.05, 3.63) is 26.7 Å². The highest BCUT2D eigenvalue weighted by molar-refractivity contribution is 7.09. The number of thiazole rings is 1. The minimum atomic E-state index is 0.274. The molecule has 2 aromatic rings. The van der Waals surface area contributed by atoms with Gasteiger partial charge in [0.25, 0.3) is 0 Å². The number of nitrogens with zero attached hydrogens (tertiary/aromatic N) is 3. The SMILES string of the molecule is CCc1nnsc1C(Cc1nc(C)cs1)NC. The molecule has 6 heteroatoms. The van der Waals surface area contributed by atoms with Gasteiger partial charge in [-0.25, -0.2) is 4.98 Å². The van der Waals surface area contributed by atoms with Gasteiger partial charge in [-0.1, -0.05) is 11.4 Å². The zero-order valence-electron chi connectivity index (χ0n) is 10.2. The number of hydrogen-bond donors (Lipinski definition) is 1. The van der Waals surface area contributed by atoms with Crippen molar-refractivity contribution in [2.75, 3.05) is 7.05 Å². The molecule has 1 N–H and O–H groups in total. The van der Waals surface area contributed by atoms with E-state index < -0.39 is 0 Å². The van der Waals surface area contributed by atoms with Crippen LogP contribution in [0.5, 0.6) is 0 Å². The van der Waals surface area contributed by atoms with Crippen molar-refractivity contribution >= 4 is 22.9 Å². The van der Waals surface area contributed by atoms with Gasteiger partial charge in [0, 0.05) is 17.5 Å². The van der Waals surface area contributed by atoms with Crippen LogP contribution in [0.1, 0.15) is 34.2 Å². The summed E-state index contributed by atoms with van der Waals surface area (Å²) in [4.78, 5) is 5.74. The monoisotopic (exact) mass is 268 g/mol. The molecule has 1 atom stereocenters. The molecule has 0 saturated carbocycles. The Labute approximate surface area is 109 Å². The van der Waals surface area contributed by atoms with Crippen LogP contribution in [0.25, 0.3) is 0 Å². The molecule has 1 unspecified atom stereocenters. The van der Waals surface area contributed by atoms with Gasteiger partial charge in [-0.15, -0.1) is 16.4 Å². The molecule has 0 bridgehead atoms. The predicted molar refractivity (Wildman–Crippen MR) is 71.6 cm³/mol. The predicted octanol–water partition coefficient (Wildman–Crippen LogP) is 2.37. The zero-order valence-corrected chi connectivity index (χ0v) is 11.9. The lowest BCUT2D eigenvalue weighted by atomic mass is 10.1. The molecule has 0 spiro atoms. The Morgan fingerprint density at radius 3 is 2.88 bits per heavy atom. The summed E-state index contributed by atoms with van der Waals surface area (Å²) < 4.78 is 4.04. The summed E-state index contributed by atoms with van der Waals surface area (Å²) in [7, 11) is 1.98. The Kier molecular flexibility index (Phi) is 4.20. The van der Waals surface area contributed by atoms with Gasteiger partial charge in [-0.3, -0.25) is 0 Å². The van der Waals surface area contributed by atoms with Gasteiger partial charge >= 0.3 is 0 Å². The molecule has 0 radical (unpaired) electrons. The van der Waals surface area contributed by atoms with Crippen LogP contribution in [0.4, 0.5) is 0 Å². The first-order chi connectivity index (χ1) is 8.24. The fourth-order valence-corrected chi connectivity index (χ4v) is 3.39. The summed E-state index contributed by atoms with van der Waals surface area (Å²) in [5.74, 6) is 0. The molecule has 0 fully saturated rings. The van der Waals surface area contributed by atoms with E-state index in [9.17, 15) is 0 Å². The Morgan fingerprint density at radius 1 is 1.47 bits per heavy atom. The molecule has 0 aromatic carbocycles. The Balaban J connectivity index is 2.16. The summed E-state index contributed by atoms with van der Waals surface area (Å²) >= 11 is 3.20. The lowest BCUT2D eigenvalue weighted by molar-refractivity contribution is 0.593. The largest absolute Gasteiger partial charge is 0.312 e. The van der Waals surface area contributed by atoms with Crippen LogP contribution in [0.15, 0.2) is 5.38 Å². The van der Waals surface area contributed by atoms with Crippen LogP contribution in [0.3, 0.4) is 0 Å². The van der Waals surface area contributed by atoms with Gasteiger partial charge in [0.2, 0.25) is 0 Å². The molecular weight excluding hydrogens is 252 g/mol. The van der Waals surface area contributed by atoms with Crippen LogP contribution >= 0.6 is 22.9 Å². The maximum absolute atomic E-state index is 4.51. The highest BCUT2D eigenvalue weighted by Crippen LogP contribution is 2.25. The van der Waals surface area contributed by atoms with Crippen molar-refractivity contribution in [1.29, 1.82) is 0 Å². The molecule has 17 heavy (non-hydrogen) atoms. The normalized spacial score (nSPS) is 12.9. The third-order valence-electron chi connectivity index (χ3n) is 2.63. The first-order valence-corrected chi connectivity index (χ1v) is 7.29. The minimum absolute atomic E-state index is 0.274. The van der Waals surface area contributed by atoms with E-state index in [1.165, 1.54) is 16.4 Å². The number of aryl methyl sites for hydroxylation is 2. The van der Waals surface area contributed by atoms with Gasteiger partial charge in [0.05, 0.1) is 21.6 Å². The van der Waals surface area contributed by atoms with Crippen molar-refractivity contribution in [1.82, 2.24) is 19.9 Å². The number of hydrogen-bond acceptors (Lipinski definition) is 6. The van der Waals surface area contributed by atoms with Crippen LogP contribution in [0.2, 0.25) is 0 Å². The summed E-state index contributed by atoms with van der Waals surface area (Å²) in [6.45, 7) is 4.14. The minimum Gasteiger partial charge on any atom is -0.312 e. The van der Waals surface area contributed by atoms with Crippen LogP contribution < -0.4 is 5.32 Å². The van der Waals surface area contributed by atoms with E-state index in [0.29, 0.717) is 0 Å². The quantitative estimate of drug-likeness (QED) is 0.904. The summed E-state index contributed by atoms with van der Waals surface area (Å²) in [6.07, 6.45) is 1.84. The maximum atomic E-state index is 4.51. The summed E-state index contributed by atoms with van der Waals surface area (Å²) in [6, 6.07) is 0.274. The second kappa shape index (κ2) is 5.66. The highest BCUT2D eigenvalue weighted by Gasteiger charge is 2.18. The standard InChI is InChI=1S/C11H16N4S2/c1-4-8-11(17-15-14-8)9(12-3)5-10-13-7(2)6-16-10/h6,9,12H,4-5H2,1-3H3. The average molecular weight is 268 g/mol. The van der Waals surface area contributed by atoms with Crippen molar-refractivity contribution in [3.8, 4) is 0 Å². The first kappa shape index (κ1) is 12.6. The van der Waals surface area contributed by atoms with E-state index in [1.807, 2.05) is 14.0 Å². The molecule has 92 valence electrons. The van der Waals surface area contributed by atoms with Gasteiger partial charge in [-0.2, -0.15) is 0 Å². The van der Waals surface area contributed by atoms with Crippen LogP contribution in [-0.2, 0) is 12.8 Å². The molecule has 0 aliphatic rings. The van der Waals surface area contributed by atoms with Crippen molar-refractivity contribution in [3.63, 3.8) is 0 Å². The summed E-state index contributed by atoms with van der Waals surface area (Å²) in [5.41, 5.74) is 2.20. The Morgan fingerprint density at radius 2 is 2.29 bits per heavy atom. The van der Waals surface area contributed by atoms with E-state index in [-0.39, 0.29) is 6.04 Å². The lowest BCUT2D eigenvalue weighted by Crippen LogP contribution is -2.19. The Bertz CT molecular complexity index is 477. The molecule has 2 aromatic heterocycles. The summed E-state index contributed by atoms with van der Waals surface area (Å²) in [5, 5.41) is 10.8. The topological polar surface area (TPSA) is 50.7 Å². The maximum Gasteiger partial charge on any atom is 0.0947 e. The van der Waals surface area contributed by atoms with E-state index >= 15 is 0 Å². The van der Waals surface area contributed by atoms with E-state index in [1.54, 1.807) is 11.3 Å². The second-order valence-corrected chi connectivity index (χ2v) is 5.59. The average Bonchev–Trinajstić information content (AvgIpc) is 2.94. The fourth-order valence-electron chi connectivity index (χ4n) is 1.72. The fraction of sp³-hybridized carbons (Fsp3) is 0.545. The zero-order chi connectivity index (χ0) is 12.3. The van der Waals surface area contributed by atoms with Crippen molar-refractivity contribution in [2.45, 2.75) is 32.7 Å². The van der Waals surface area contributed by atoms with Crippen LogP contribution in [0, 0.1) is 6.92 Å². The molecule has 0 amide bonds. The molecule has 4 nitrogen and oxygen atoms in total. The lowest BCUT2D eigenvalue weighted by Gasteiger charge is -2.13. The first-order valence-electron chi connectivity index (χ1n) is 5.64. The van der Waals surface area contributed by atoms with Gasteiger partial charge in [-0.05, 0) is 31.9 Å². The molecule has 0 aliphatic heterocycles. The number of likely N-dealkylation sites (N-methyl/N-ethyl adjacent to an activating group) is 1. The molecule has 0 saturated heterocycles. The third-order valence-corrected chi connectivity index (χ3v) is 4.50. The van der Waals surface area contributed by atoms with Crippen LogP contribution in [-0.4, -0.2) is 21.6 Å². The van der Waals surface area contributed by atoms with E-state index in [2.05, 4.69) is 32.2 Å². The van der Waals surface area contributed by atoms with Gasteiger partial charge in [0.15, 0.2) is 0 Å². The third kappa shape index (κ3) is 2.88. The molecule has 0 aliphatic carbocycles. The number of rotatable bonds is 5. The molecule has 2 rings (SSSR count). The van der Waals surface area contributed by atoms with Gasteiger partial charge < -0.3 is 5.32 Å². The van der Waals surface area contributed by atoms with Gasteiger partial charge in [0.1, 0.15) is 0 Å². The smallest absolute Gasteiger partial charge is 0.0947 e. The second-order valence-electron chi connectivity index (χ2n) is 3.87. The molecule has 2 heterocycles. The van der Waals surface area contributed by atoms with E-state index in [0.717, 1.165) is 29.2 Å². The van der Waals surface area contributed by atoms with Crippen molar-refractivity contribution < 1.29 is 0 Å². The number of aromatic nitrogens is 3. The highest BCUT2D eigenvalue weighted by atomic mass is 32.1.